The Morgan fingerprint density at radius 3 is 1.82 bits per heavy atom. The summed E-state index contributed by atoms with van der Waals surface area (Å²) >= 11 is 0. The number of amides is 1. The average Bonchev–Trinajstić information content (AvgIpc) is 2.92. The van der Waals surface area contributed by atoms with E-state index in [2.05, 4.69) is 30.4 Å². The van der Waals surface area contributed by atoms with Crippen molar-refractivity contribution in [1.29, 1.82) is 0 Å². The molecule has 39 heavy (non-hydrogen) atoms. The molecule has 0 saturated carbocycles. The number of unbranched alkanes of at least 4 members (excludes halogenated alkanes) is 12. The van der Waals surface area contributed by atoms with E-state index in [0.717, 1.165) is 17.9 Å². The van der Waals surface area contributed by atoms with Crippen molar-refractivity contribution < 1.29 is 9.53 Å². The lowest BCUT2D eigenvalue weighted by molar-refractivity contribution is 0.102. The first-order valence-corrected chi connectivity index (χ1v) is 14.9. The largest absolute Gasteiger partial charge is 0.457 e. The monoisotopic (exact) mass is 529 g/mol. The van der Waals surface area contributed by atoms with Gasteiger partial charge in [0.05, 0.1) is 0 Å². The molecule has 5 heteroatoms. The maximum Gasteiger partial charge on any atom is 0.255 e. The summed E-state index contributed by atoms with van der Waals surface area (Å²) in [5.41, 5.74) is 14.9. The van der Waals surface area contributed by atoms with E-state index in [-0.39, 0.29) is 5.91 Å². The molecule has 0 atom stereocenters. The molecule has 0 radical (unpaired) electrons. The average molecular weight is 530 g/mol. The molecule has 5 N–H and O–H groups in total. The summed E-state index contributed by atoms with van der Waals surface area (Å²) in [6, 6.07) is 20.5. The Labute approximate surface area is 235 Å². The van der Waals surface area contributed by atoms with Gasteiger partial charge >= 0.3 is 0 Å². The number of hydrogen-bond acceptors (Lipinski definition) is 4. The van der Waals surface area contributed by atoms with Crippen LogP contribution in [0, 0.1) is 0 Å². The highest BCUT2D eigenvalue weighted by Crippen LogP contribution is 2.25. The van der Waals surface area contributed by atoms with Gasteiger partial charge in [0.1, 0.15) is 11.5 Å². The second kappa shape index (κ2) is 17.2. The molecule has 0 aliphatic heterocycles. The fraction of sp³-hybridized carbons (Fsp3) is 0.441. The standard InChI is InChI=1S/C34H47N3O2/c1-2-3-4-5-6-7-8-9-10-11-12-13-14-16-27-17-15-18-33(23-27)39-32-21-19-31(20-22-32)37-34(38)28-24-29(35)26-30(36)25-28/h15,17-26H,2-14,16,35-36H2,1H3,(H,37,38). The van der Waals surface area contributed by atoms with Gasteiger partial charge in [-0.3, -0.25) is 4.79 Å². The lowest BCUT2D eigenvalue weighted by Gasteiger charge is -2.10. The summed E-state index contributed by atoms with van der Waals surface area (Å²) in [5, 5.41) is 2.87. The van der Waals surface area contributed by atoms with Crippen LogP contribution in [0.25, 0.3) is 0 Å². The minimum Gasteiger partial charge on any atom is -0.457 e. The molecule has 0 fully saturated rings. The van der Waals surface area contributed by atoms with Crippen LogP contribution in [0.1, 0.15) is 106 Å². The van der Waals surface area contributed by atoms with Crippen LogP contribution in [0.4, 0.5) is 17.1 Å². The topological polar surface area (TPSA) is 90.4 Å². The van der Waals surface area contributed by atoms with Crippen LogP contribution in [-0.2, 0) is 6.42 Å². The summed E-state index contributed by atoms with van der Waals surface area (Å²) in [7, 11) is 0. The zero-order valence-electron chi connectivity index (χ0n) is 23.7. The minimum absolute atomic E-state index is 0.261. The van der Waals surface area contributed by atoms with Crippen LogP contribution in [0.3, 0.4) is 0 Å². The van der Waals surface area contributed by atoms with Crippen molar-refractivity contribution in [2.75, 3.05) is 16.8 Å². The normalized spacial score (nSPS) is 10.9. The van der Waals surface area contributed by atoms with Crippen molar-refractivity contribution in [3.63, 3.8) is 0 Å². The number of nitrogens with one attached hydrogen (secondary N) is 1. The van der Waals surface area contributed by atoms with Gasteiger partial charge in [-0.15, -0.1) is 0 Å². The predicted molar refractivity (Wildman–Crippen MR) is 166 cm³/mol. The molecule has 0 aliphatic carbocycles. The minimum atomic E-state index is -0.261. The van der Waals surface area contributed by atoms with Crippen LogP contribution >= 0.6 is 0 Å². The summed E-state index contributed by atoms with van der Waals surface area (Å²) in [5.74, 6) is 1.29. The van der Waals surface area contributed by atoms with Gasteiger partial charge in [-0.2, -0.15) is 0 Å². The number of carbonyl (C=O) groups excluding carboxylic acids is 1. The van der Waals surface area contributed by atoms with Gasteiger partial charge in [0.2, 0.25) is 0 Å². The number of nitrogens with two attached hydrogens (primary N) is 2. The van der Waals surface area contributed by atoms with E-state index in [1.807, 2.05) is 30.3 Å². The van der Waals surface area contributed by atoms with Gasteiger partial charge in [0.25, 0.3) is 5.91 Å². The molecule has 0 bridgehead atoms. The van der Waals surface area contributed by atoms with Crippen LogP contribution in [0.2, 0.25) is 0 Å². The number of ether oxygens (including phenoxy) is 1. The molecule has 0 saturated heterocycles. The fourth-order valence-corrected chi connectivity index (χ4v) is 4.86. The maximum absolute atomic E-state index is 12.5. The van der Waals surface area contributed by atoms with E-state index in [9.17, 15) is 4.79 Å². The van der Waals surface area contributed by atoms with Crippen molar-refractivity contribution in [3.05, 3.63) is 77.9 Å². The van der Waals surface area contributed by atoms with Gasteiger partial charge in [-0.25, -0.2) is 0 Å². The van der Waals surface area contributed by atoms with Crippen LogP contribution in [-0.4, -0.2) is 5.91 Å². The van der Waals surface area contributed by atoms with E-state index in [0.29, 0.717) is 22.6 Å². The third kappa shape index (κ3) is 11.8. The second-order valence-corrected chi connectivity index (χ2v) is 10.6. The molecule has 1 amide bonds. The summed E-state index contributed by atoms with van der Waals surface area (Å²) in [6.07, 6.45) is 18.9. The van der Waals surface area contributed by atoms with Gasteiger partial charge in [0, 0.05) is 22.6 Å². The van der Waals surface area contributed by atoms with Crippen molar-refractivity contribution in [2.45, 2.75) is 96.8 Å². The summed E-state index contributed by atoms with van der Waals surface area (Å²) in [6.45, 7) is 2.28. The molecule has 3 rings (SSSR count). The Balaban J connectivity index is 1.32. The Bertz CT molecular complexity index is 1110. The Kier molecular flexibility index (Phi) is 13.3. The predicted octanol–water partition coefficient (Wildman–Crippen LogP) is 9.53. The van der Waals surface area contributed by atoms with E-state index in [1.54, 1.807) is 18.2 Å². The molecule has 0 aromatic heterocycles. The van der Waals surface area contributed by atoms with Crippen molar-refractivity contribution >= 4 is 23.0 Å². The first kappa shape index (κ1) is 30.1. The number of benzene rings is 3. The SMILES string of the molecule is CCCCCCCCCCCCCCCc1cccc(Oc2ccc(NC(=O)c3cc(N)cc(N)c3)cc2)c1. The molecule has 5 nitrogen and oxygen atoms in total. The molecular weight excluding hydrogens is 482 g/mol. The zero-order valence-corrected chi connectivity index (χ0v) is 23.7. The number of rotatable bonds is 18. The molecule has 0 heterocycles. The van der Waals surface area contributed by atoms with Crippen LogP contribution in [0.5, 0.6) is 11.5 Å². The van der Waals surface area contributed by atoms with Gasteiger partial charge in [0.15, 0.2) is 0 Å². The van der Waals surface area contributed by atoms with E-state index < -0.39 is 0 Å². The Hall–Kier alpha value is -3.47. The fourth-order valence-electron chi connectivity index (χ4n) is 4.86. The molecule has 0 unspecified atom stereocenters. The highest BCUT2D eigenvalue weighted by Gasteiger charge is 2.08. The maximum atomic E-state index is 12.5. The molecular formula is C34H47N3O2. The summed E-state index contributed by atoms with van der Waals surface area (Å²) < 4.78 is 6.07. The molecule has 0 spiro atoms. The lowest BCUT2D eigenvalue weighted by atomic mass is 10.0. The van der Waals surface area contributed by atoms with Crippen LogP contribution in [0.15, 0.2) is 66.7 Å². The second-order valence-electron chi connectivity index (χ2n) is 10.6. The van der Waals surface area contributed by atoms with Crippen molar-refractivity contribution in [3.8, 4) is 11.5 Å². The van der Waals surface area contributed by atoms with Crippen molar-refractivity contribution in [1.82, 2.24) is 0 Å². The molecule has 0 aliphatic rings. The Morgan fingerprint density at radius 1 is 0.667 bits per heavy atom. The van der Waals surface area contributed by atoms with Crippen molar-refractivity contribution in [2.24, 2.45) is 0 Å². The smallest absolute Gasteiger partial charge is 0.255 e. The molecule has 210 valence electrons. The van der Waals surface area contributed by atoms with Gasteiger partial charge in [-0.1, -0.05) is 96.1 Å². The van der Waals surface area contributed by atoms with E-state index >= 15 is 0 Å². The molecule has 3 aromatic carbocycles. The quantitative estimate of drug-likeness (QED) is 0.113. The molecule has 3 aromatic rings. The Morgan fingerprint density at radius 2 is 1.23 bits per heavy atom. The first-order valence-electron chi connectivity index (χ1n) is 14.9. The van der Waals surface area contributed by atoms with Gasteiger partial charge in [-0.05, 0) is 73.0 Å². The lowest BCUT2D eigenvalue weighted by Crippen LogP contribution is -2.12. The first-order chi connectivity index (χ1) is 19.0. The number of nitrogen functional groups attached to an aromatic ring is 2. The number of anilines is 3. The summed E-state index contributed by atoms with van der Waals surface area (Å²) in [4.78, 5) is 12.5. The number of aryl methyl sites for hydroxylation is 1. The number of hydrogen-bond donors (Lipinski definition) is 3. The highest BCUT2D eigenvalue weighted by molar-refractivity contribution is 6.05. The van der Waals surface area contributed by atoms with E-state index in [1.165, 1.54) is 89.0 Å². The third-order valence-corrected chi connectivity index (χ3v) is 7.06. The van der Waals surface area contributed by atoms with Crippen LogP contribution < -0.4 is 21.5 Å². The third-order valence-electron chi connectivity index (χ3n) is 7.06. The van der Waals surface area contributed by atoms with E-state index in [4.69, 9.17) is 16.2 Å². The highest BCUT2D eigenvalue weighted by atomic mass is 16.5. The van der Waals surface area contributed by atoms with Gasteiger partial charge < -0.3 is 21.5 Å². The number of carbonyl (C=O) groups is 1. The zero-order chi connectivity index (χ0) is 27.7.